The molecule has 0 spiro atoms. The monoisotopic (exact) mass is 292 g/mol. The van der Waals surface area contributed by atoms with E-state index in [4.69, 9.17) is 9.47 Å². The Kier molecular flexibility index (Phi) is 6.92. The van der Waals surface area contributed by atoms with Crippen molar-refractivity contribution in [3.8, 4) is 0 Å². The van der Waals surface area contributed by atoms with E-state index in [1.807, 2.05) is 25.1 Å². The number of carbonyl (C=O) groups is 2. The first-order valence-electron chi connectivity index (χ1n) is 7.53. The van der Waals surface area contributed by atoms with E-state index < -0.39 is 17.4 Å². The topological polar surface area (TPSA) is 52.6 Å². The molecule has 0 radical (unpaired) electrons. The van der Waals surface area contributed by atoms with Crippen molar-refractivity contribution in [1.82, 2.24) is 0 Å². The molecule has 0 saturated heterocycles. The molecule has 1 aromatic carbocycles. The molecule has 4 nitrogen and oxygen atoms in total. The van der Waals surface area contributed by atoms with Crippen molar-refractivity contribution in [3.05, 3.63) is 35.9 Å². The standard InChI is InChI=1S/C17H24O4/c1-4-7-13-17(15(18)20-5-2,16(19)21-6-3)14-11-9-8-10-12-14/h8-12H,4-7,13H2,1-3H3. The zero-order chi connectivity index (χ0) is 15.7. The molecule has 21 heavy (non-hydrogen) atoms. The van der Waals surface area contributed by atoms with Crippen LogP contribution in [0.15, 0.2) is 30.3 Å². The second kappa shape index (κ2) is 8.45. The summed E-state index contributed by atoms with van der Waals surface area (Å²) in [6.07, 6.45) is 2.02. The number of carbonyl (C=O) groups excluding carboxylic acids is 2. The summed E-state index contributed by atoms with van der Waals surface area (Å²) < 4.78 is 10.4. The number of hydrogen-bond donors (Lipinski definition) is 0. The molecule has 0 unspecified atom stereocenters. The fraction of sp³-hybridized carbons (Fsp3) is 0.529. The van der Waals surface area contributed by atoms with Gasteiger partial charge in [-0.25, -0.2) is 0 Å². The molecule has 1 rings (SSSR count). The van der Waals surface area contributed by atoms with Gasteiger partial charge in [0.1, 0.15) is 0 Å². The maximum absolute atomic E-state index is 12.6. The molecule has 0 fully saturated rings. The number of esters is 2. The number of rotatable bonds is 8. The zero-order valence-electron chi connectivity index (χ0n) is 13.1. The van der Waals surface area contributed by atoms with Gasteiger partial charge in [0.25, 0.3) is 0 Å². The fourth-order valence-electron chi connectivity index (χ4n) is 2.34. The van der Waals surface area contributed by atoms with E-state index >= 15 is 0 Å². The molecular weight excluding hydrogens is 268 g/mol. The van der Waals surface area contributed by atoms with Crippen LogP contribution in [0.1, 0.15) is 45.6 Å². The molecule has 0 aliphatic carbocycles. The first kappa shape index (κ1) is 17.2. The van der Waals surface area contributed by atoms with Crippen LogP contribution in [0.25, 0.3) is 0 Å². The minimum absolute atomic E-state index is 0.235. The molecule has 0 amide bonds. The first-order valence-corrected chi connectivity index (χ1v) is 7.53. The Morgan fingerprint density at radius 1 is 0.952 bits per heavy atom. The average molecular weight is 292 g/mol. The van der Waals surface area contributed by atoms with Gasteiger partial charge in [-0.2, -0.15) is 0 Å². The summed E-state index contributed by atoms with van der Waals surface area (Å²) in [5.74, 6) is -1.05. The molecule has 0 aliphatic heterocycles. The lowest BCUT2D eigenvalue weighted by Gasteiger charge is -2.29. The summed E-state index contributed by atoms with van der Waals surface area (Å²) >= 11 is 0. The highest BCUT2D eigenvalue weighted by Crippen LogP contribution is 2.33. The van der Waals surface area contributed by atoms with Crippen molar-refractivity contribution in [2.24, 2.45) is 0 Å². The summed E-state index contributed by atoms with van der Waals surface area (Å²) in [6.45, 7) is 5.96. The minimum Gasteiger partial charge on any atom is -0.465 e. The Morgan fingerprint density at radius 3 is 1.90 bits per heavy atom. The molecule has 0 bridgehead atoms. The van der Waals surface area contributed by atoms with Gasteiger partial charge in [-0.3, -0.25) is 9.59 Å². The maximum Gasteiger partial charge on any atom is 0.328 e. The number of unbranched alkanes of at least 4 members (excludes halogenated alkanes) is 1. The Morgan fingerprint density at radius 2 is 1.48 bits per heavy atom. The predicted molar refractivity (Wildman–Crippen MR) is 80.9 cm³/mol. The van der Waals surface area contributed by atoms with Crippen molar-refractivity contribution in [2.45, 2.75) is 45.4 Å². The Bertz CT molecular complexity index is 435. The molecule has 0 saturated carbocycles. The van der Waals surface area contributed by atoms with E-state index in [1.54, 1.807) is 26.0 Å². The summed E-state index contributed by atoms with van der Waals surface area (Å²) in [5.41, 5.74) is -0.723. The summed E-state index contributed by atoms with van der Waals surface area (Å²) in [5, 5.41) is 0. The summed E-state index contributed by atoms with van der Waals surface area (Å²) in [7, 11) is 0. The fourth-order valence-corrected chi connectivity index (χ4v) is 2.34. The number of ether oxygens (including phenoxy) is 2. The Hall–Kier alpha value is -1.84. The lowest BCUT2D eigenvalue weighted by molar-refractivity contribution is -0.165. The van der Waals surface area contributed by atoms with Gasteiger partial charge in [-0.05, 0) is 25.8 Å². The van der Waals surface area contributed by atoms with Gasteiger partial charge < -0.3 is 9.47 Å². The SMILES string of the molecule is CCCCC(C(=O)OCC)(C(=O)OCC)c1ccccc1. The minimum atomic E-state index is -1.36. The van der Waals surface area contributed by atoms with E-state index in [0.717, 1.165) is 12.8 Å². The molecule has 1 aromatic rings. The van der Waals surface area contributed by atoms with Gasteiger partial charge in [-0.1, -0.05) is 50.1 Å². The van der Waals surface area contributed by atoms with Gasteiger partial charge in [0.15, 0.2) is 5.41 Å². The summed E-state index contributed by atoms with van der Waals surface area (Å²) in [6, 6.07) is 9.04. The normalized spacial score (nSPS) is 11.0. The third-order valence-electron chi connectivity index (χ3n) is 3.42. The molecule has 0 atom stereocenters. The highest BCUT2D eigenvalue weighted by atomic mass is 16.6. The van der Waals surface area contributed by atoms with Crippen LogP contribution in [-0.4, -0.2) is 25.2 Å². The third-order valence-corrected chi connectivity index (χ3v) is 3.42. The van der Waals surface area contributed by atoms with E-state index in [1.165, 1.54) is 0 Å². The molecular formula is C17H24O4. The van der Waals surface area contributed by atoms with Crippen molar-refractivity contribution < 1.29 is 19.1 Å². The van der Waals surface area contributed by atoms with E-state index in [2.05, 4.69) is 0 Å². The highest BCUT2D eigenvalue weighted by molar-refractivity contribution is 6.06. The van der Waals surface area contributed by atoms with Crippen molar-refractivity contribution in [1.29, 1.82) is 0 Å². The molecule has 0 heterocycles. The maximum atomic E-state index is 12.6. The van der Waals surface area contributed by atoms with Crippen LogP contribution in [0.5, 0.6) is 0 Å². The molecule has 0 N–H and O–H groups in total. The predicted octanol–water partition coefficient (Wildman–Crippen LogP) is 3.24. The van der Waals surface area contributed by atoms with Crippen LogP contribution in [0.4, 0.5) is 0 Å². The summed E-state index contributed by atoms with van der Waals surface area (Å²) in [4.78, 5) is 25.1. The van der Waals surface area contributed by atoms with Crippen LogP contribution in [0.2, 0.25) is 0 Å². The third kappa shape index (κ3) is 3.84. The van der Waals surface area contributed by atoms with E-state index in [0.29, 0.717) is 12.0 Å². The molecule has 0 aliphatic rings. The molecule has 0 aromatic heterocycles. The van der Waals surface area contributed by atoms with Crippen LogP contribution < -0.4 is 0 Å². The van der Waals surface area contributed by atoms with Crippen LogP contribution >= 0.6 is 0 Å². The molecule has 4 heteroatoms. The number of hydrogen-bond acceptors (Lipinski definition) is 4. The van der Waals surface area contributed by atoms with E-state index in [9.17, 15) is 9.59 Å². The quantitative estimate of drug-likeness (QED) is 0.545. The average Bonchev–Trinajstić information content (AvgIpc) is 2.50. The van der Waals surface area contributed by atoms with Gasteiger partial charge in [0, 0.05) is 0 Å². The van der Waals surface area contributed by atoms with Crippen molar-refractivity contribution in [2.75, 3.05) is 13.2 Å². The number of benzene rings is 1. The highest BCUT2D eigenvalue weighted by Gasteiger charge is 2.49. The van der Waals surface area contributed by atoms with E-state index in [-0.39, 0.29) is 13.2 Å². The van der Waals surface area contributed by atoms with Gasteiger partial charge in [0.2, 0.25) is 0 Å². The second-order valence-corrected chi connectivity index (χ2v) is 4.82. The van der Waals surface area contributed by atoms with Crippen molar-refractivity contribution in [3.63, 3.8) is 0 Å². The van der Waals surface area contributed by atoms with Crippen LogP contribution in [0, 0.1) is 0 Å². The van der Waals surface area contributed by atoms with Crippen LogP contribution in [0.3, 0.4) is 0 Å². The first-order chi connectivity index (χ1) is 10.1. The smallest absolute Gasteiger partial charge is 0.328 e. The van der Waals surface area contributed by atoms with Gasteiger partial charge in [0.05, 0.1) is 13.2 Å². The van der Waals surface area contributed by atoms with Gasteiger partial charge >= 0.3 is 11.9 Å². The Balaban J connectivity index is 3.32. The second-order valence-electron chi connectivity index (χ2n) is 4.82. The lowest BCUT2D eigenvalue weighted by Crippen LogP contribution is -2.46. The zero-order valence-corrected chi connectivity index (χ0v) is 13.1. The lowest BCUT2D eigenvalue weighted by atomic mass is 9.76. The molecule has 116 valence electrons. The van der Waals surface area contributed by atoms with Crippen molar-refractivity contribution >= 4 is 11.9 Å². The Labute approximate surface area is 126 Å². The largest absolute Gasteiger partial charge is 0.465 e. The van der Waals surface area contributed by atoms with Gasteiger partial charge in [-0.15, -0.1) is 0 Å². The van der Waals surface area contributed by atoms with Crippen LogP contribution in [-0.2, 0) is 24.5 Å².